The fourth-order valence-electron chi connectivity index (χ4n) is 2.47. The Kier molecular flexibility index (Phi) is 3.85. The summed E-state index contributed by atoms with van der Waals surface area (Å²) in [5, 5.41) is 8.74. The predicted octanol–water partition coefficient (Wildman–Crippen LogP) is 4.17. The second-order valence-electron chi connectivity index (χ2n) is 5.03. The highest BCUT2D eigenvalue weighted by Crippen LogP contribution is 2.27. The SMILES string of the molecule is Cc1ccc(Cl)cc1NC(C)c1c(C)nn(C)c1C. The molecule has 0 aliphatic carbocycles. The van der Waals surface area contributed by atoms with Crippen molar-refractivity contribution in [1.82, 2.24) is 9.78 Å². The maximum Gasteiger partial charge on any atom is 0.0649 e. The van der Waals surface area contributed by atoms with Crippen molar-refractivity contribution in [3.05, 3.63) is 45.7 Å². The minimum Gasteiger partial charge on any atom is -0.378 e. The molecule has 0 bridgehead atoms. The van der Waals surface area contributed by atoms with Crippen molar-refractivity contribution in [3.8, 4) is 0 Å². The Labute approximate surface area is 119 Å². The minimum atomic E-state index is 0.200. The van der Waals surface area contributed by atoms with E-state index in [4.69, 9.17) is 11.6 Å². The van der Waals surface area contributed by atoms with Gasteiger partial charge in [-0.15, -0.1) is 0 Å². The lowest BCUT2D eigenvalue weighted by atomic mass is 10.1. The third-order valence-electron chi connectivity index (χ3n) is 3.57. The van der Waals surface area contributed by atoms with Gasteiger partial charge in [-0.05, 0) is 45.4 Å². The molecular weight excluding hydrogens is 258 g/mol. The van der Waals surface area contributed by atoms with Gasteiger partial charge in [0.1, 0.15) is 0 Å². The normalized spacial score (nSPS) is 12.5. The molecule has 2 rings (SSSR count). The lowest BCUT2D eigenvalue weighted by molar-refractivity contribution is 0.728. The van der Waals surface area contributed by atoms with Gasteiger partial charge >= 0.3 is 0 Å². The van der Waals surface area contributed by atoms with E-state index in [-0.39, 0.29) is 6.04 Å². The summed E-state index contributed by atoms with van der Waals surface area (Å²) in [5.41, 5.74) is 5.77. The minimum absolute atomic E-state index is 0.200. The van der Waals surface area contributed by atoms with E-state index in [1.807, 2.05) is 36.9 Å². The first-order valence-corrected chi connectivity index (χ1v) is 6.80. The topological polar surface area (TPSA) is 29.9 Å². The molecule has 0 saturated carbocycles. The molecule has 0 aliphatic heterocycles. The number of benzene rings is 1. The maximum absolute atomic E-state index is 6.06. The van der Waals surface area contributed by atoms with E-state index in [0.717, 1.165) is 16.4 Å². The van der Waals surface area contributed by atoms with Crippen molar-refractivity contribution in [3.63, 3.8) is 0 Å². The molecule has 1 heterocycles. The first-order valence-electron chi connectivity index (χ1n) is 6.43. The maximum atomic E-state index is 6.06. The average Bonchev–Trinajstić information content (AvgIpc) is 2.58. The van der Waals surface area contributed by atoms with E-state index in [0.29, 0.717) is 0 Å². The zero-order valence-electron chi connectivity index (χ0n) is 12.1. The van der Waals surface area contributed by atoms with E-state index >= 15 is 0 Å². The van der Waals surface area contributed by atoms with Crippen LogP contribution in [0.15, 0.2) is 18.2 Å². The number of nitrogens with one attached hydrogen (secondary N) is 1. The second kappa shape index (κ2) is 5.25. The van der Waals surface area contributed by atoms with Crippen molar-refractivity contribution < 1.29 is 0 Å². The molecule has 1 aromatic heterocycles. The first-order chi connectivity index (χ1) is 8.90. The van der Waals surface area contributed by atoms with Gasteiger partial charge in [-0.3, -0.25) is 4.68 Å². The Hall–Kier alpha value is -1.48. The summed E-state index contributed by atoms with van der Waals surface area (Å²) >= 11 is 6.06. The summed E-state index contributed by atoms with van der Waals surface area (Å²) in [5.74, 6) is 0. The number of aromatic nitrogens is 2. The number of rotatable bonds is 3. The smallest absolute Gasteiger partial charge is 0.0649 e. The number of hydrogen-bond acceptors (Lipinski definition) is 2. The first kappa shape index (κ1) is 13.9. The number of anilines is 1. The highest BCUT2D eigenvalue weighted by Gasteiger charge is 2.16. The highest BCUT2D eigenvalue weighted by atomic mass is 35.5. The average molecular weight is 278 g/mol. The highest BCUT2D eigenvalue weighted by molar-refractivity contribution is 6.30. The Morgan fingerprint density at radius 3 is 2.53 bits per heavy atom. The molecule has 1 unspecified atom stereocenters. The third-order valence-corrected chi connectivity index (χ3v) is 3.80. The van der Waals surface area contributed by atoms with Crippen LogP contribution in [0.5, 0.6) is 0 Å². The summed E-state index contributed by atoms with van der Waals surface area (Å²) in [7, 11) is 1.98. The molecule has 4 heteroatoms. The molecular formula is C15H20ClN3. The molecule has 1 N–H and O–H groups in total. The molecule has 1 aromatic carbocycles. The van der Waals surface area contributed by atoms with Crippen LogP contribution in [0.2, 0.25) is 5.02 Å². The summed E-state index contributed by atoms with van der Waals surface area (Å²) in [6, 6.07) is 6.10. The molecule has 0 aliphatic rings. The molecule has 2 aromatic rings. The molecule has 3 nitrogen and oxygen atoms in total. The van der Waals surface area contributed by atoms with E-state index in [1.165, 1.54) is 16.8 Å². The molecule has 19 heavy (non-hydrogen) atoms. The number of aryl methyl sites for hydroxylation is 3. The zero-order chi connectivity index (χ0) is 14.2. The third kappa shape index (κ3) is 2.76. The number of nitrogens with zero attached hydrogens (tertiary/aromatic N) is 2. The summed E-state index contributed by atoms with van der Waals surface area (Å²) in [6.07, 6.45) is 0. The van der Waals surface area contributed by atoms with Crippen LogP contribution in [0.25, 0.3) is 0 Å². The van der Waals surface area contributed by atoms with E-state index in [9.17, 15) is 0 Å². The van der Waals surface area contributed by atoms with E-state index in [1.54, 1.807) is 0 Å². The van der Waals surface area contributed by atoms with Crippen LogP contribution in [0.1, 0.15) is 35.5 Å². The summed E-state index contributed by atoms with van der Waals surface area (Å²) in [4.78, 5) is 0. The summed E-state index contributed by atoms with van der Waals surface area (Å²) in [6.45, 7) is 8.37. The van der Waals surface area contributed by atoms with Crippen LogP contribution in [0.4, 0.5) is 5.69 Å². The predicted molar refractivity (Wildman–Crippen MR) is 80.9 cm³/mol. The molecule has 0 fully saturated rings. The van der Waals surface area contributed by atoms with E-state index < -0.39 is 0 Å². The van der Waals surface area contributed by atoms with Gasteiger partial charge in [0.05, 0.1) is 11.7 Å². The lowest BCUT2D eigenvalue weighted by Gasteiger charge is -2.18. The largest absolute Gasteiger partial charge is 0.378 e. The van der Waals surface area contributed by atoms with Crippen molar-refractivity contribution >= 4 is 17.3 Å². The fourth-order valence-corrected chi connectivity index (χ4v) is 2.64. The van der Waals surface area contributed by atoms with E-state index in [2.05, 4.69) is 31.2 Å². The Morgan fingerprint density at radius 2 is 1.95 bits per heavy atom. The Balaban J connectivity index is 2.30. The van der Waals surface area contributed by atoms with Crippen molar-refractivity contribution in [2.45, 2.75) is 33.7 Å². The molecule has 0 spiro atoms. The van der Waals surface area contributed by atoms with Crippen molar-refractivity contribution in [1.29, 1.82) is 0 Å². The van der Waals surface area contributed by atoms with Gasteiger partial charge in [-0.25, -0.2) is 0 Å². The molecule has 0 radical (unpaired) electrons. The second-order valence-corrected chi connectivity index (χ2v) is 5.47. The summed E-state index contributed by atoms with van der Waals surface area (Å²) < 4.78 is 1.92. The van der Waals surface area contributed by atoms with Crippen LogP contribution in [0, 0.1) is 20.8 Å². The molecule has 0 saturated heterocycles. The Bertz CT molecular complexity index is 602. The standard InChI is InChI=1S/C15H20ClN3/c1-9-6-7-13(16)8-14(9)17-10(2)15-11(3)18-19(5)12(15)4/h6-8,10,17H,1-5H3. The van der Waals surface area contributed by atoms with Gasteiger partial charge in [0.25, 0.3) is 0 Å². The number of halogens is 1. The van der Waals surface area contributed by atoms with Gasteiger partial charge < -0.3 is 5.32 Å². The van der Waals surface area contributed by atoms with Crippen LogP contribution in [-0.2, 0) is 7.05 Å². The van der Waals surface area contributed by atoms with Gasteiger partial charge in [0.15, 0.2) is 0 Å². The van der Waals surface area contributed by atoms with Crippen LogP contribution < -0.4 is 5.32 Å². The number of hydrogen-bond donors (Lipinski definition) is 1. The van der Waals surface area contributed by atoms with Crippen LogP contribution in [0.3, 0.4) is 0 Å². The van der Waals surface area contributed by atoms with Gasteiger partial charge in [0, 0.05) is 29.0 Å². The lowest BCUT2D eigenvalue weighted by Crippen LogP contribution is -2.10. The molecule has 0 amide bonds. The van der Waals surface area contributed by atoms with Crippen molar-refractivity contribution in [2.75, 3.05) is 5.32 Å². The fraction of sp³-hybridized carbons (Fsp3) is 0.400. The van der Waals surface area contributed by atoms with Gasteiger partial charge in [-0.1, -0.05) is 17.7 Å². The zero-order valence-corrected chi connectivity index (χ0v) is 12.8. The Morgan fingerprint density at radius 1 is 1.26 bits per heavy atom. The molecule has 1 atom stereocenters. The van der Waals surface area contributed by atoms with Gasteiger partial charge in [0.2, 0.25) is 0 Å². The monoisotopic (exact) mass is 277 g/mol. The quantitative estimate of drug-likeness (QED) is 0.912. The van der Waals surface area contributed by atoms with Crippen molar-refractivity contribution in [2.24, 2.45) is 7.05 Å². The van der Waals surface area contributed by atoms with Gasteiger partial charge in [-0.2, -0.15) is 5.10 Å². The molecule has 102 valence electrons. The van der Waals surface area contributed by atoms with Crippen LogP contribution >= 0.6 is 11.6 Å². The van der Waals surface area contributed by atoms with Crippen LogP contribution in [-0.4, -0.2) is 9.78 Å².